The Kier molecular flexibility index (Phi) is 8.18. The summed E-state index contributed by atoms with van der Waals surface area (Å²) in [5.74, 6) is 0. The van der Waals surface area contributed by atoms with Crippen LogP contribution in [0, 0.1) is 12.3 Å². The van der Waals surface area contributed by atoms with Crippen molar-refractivity contribution >= 4 is 23.5 Å². The molecule has 1 aromatic carbocycles. The lowest BCUT2D eigenvalue weighted by atomic mass is 9.81. The number of rotatable bonds is 6. The van der Waals surface area contributed by atoms with E-state index in [2.05, 4.69) is 76.1 Å². The van der Waals surface area contributed by atoms with Gasteiger partial charge in [-0.25, -0.2) is 0 Å². The molecule has 0 amide bonds. The topological polar surface area (TPSA) is 43.8 Å². The molecule has 1 unspecified atom stereocenters. The van der Waals surface area contributed by atoms with Crippen molar-refractivity contribution in [2.75, 3.05) is 0 Å². The van der Waals surface area contributed by atoms with Crippen LogP contribution in [0.3, 0.4) is 0 Å². The van der Waals surface area contributed by atoms with Crippen LogP contribution < -0.4 is 5.73 Å². The summed E-state index contributed by atoms with van der Waals surface area (Å²) in [4.78, 5) is 5.72. The standard InChI is InChI=1S/C24H33N3S.C2H6/c1-7-24(5,6)13-20-18-12-17(28)9-10-21(18)27(8-2)23(20)19-11-15(3)14-26-22(19)16(4)25;1-2/h9-12,14,16,28H,7-8,13,25H2,1-6H3;1-2H3. The Bertz CT molecular complexity index is 999. The van der Waals surface area contributed by atoms with E-state index >= 15 is 0 Å². The first kappa shape index (κ1) is 24.5. The number of nitrogens with zero attached hydrogens (tertiary/aromatic N) is 2. The molecule has 0 radical (unpaired) electrons. The zero-order valence-electron chi connectivity index (χ0n) is 20.0. The Morgan fingerprint density at radius 1 is 1.17 bits per heavy atom. The second-order valence-electron chi connectivity index (χ2n) is 8.70. The highest BCUT2D eigenvalue weighted by atomic mass is 32.1. The van der Waals surface area contributed by atoms with Crippen molar-refractivity contribution in [3.63, 3.8) is 0 Å². The van der Waals surface area contributed by atoms with Crippen molar-refractivity contribution in [3.05, 3.63) is 47.3 Å². The first-order valence-electron chi connectivity index (χ1n) is 11.2. The van der Waals surface area contributed by atoms with Gasteiger partial charge >= 0.3 is 0 Å². The van der Waals surface area contributed by atoms with Gasteiger partial charge < -0.3 is 10.3 Å². The van der Waals surface area contributed by atoms with Gasteiger partial charge in [0.1, 0.15) is 0 Å². The highest BCUT2D eigenvalue weighted by molar-refractivity contribution is 7.80. The number of fused-ring (bicyclic) bond motifs is 1. The highest BCUT2D eigenvalue weighted by Gasteiger charge is 2.26. The smallest absolute Gasteiger partial charge is 0.0661 e. The highest BCUT2D eigenvalue weighted by Crippen LogP contribution is 2.41. The fraction of sp³-hybridized carbons (Fsp3) is 0.500. The largest absolute Gasteiger partial charge is 0.340 e. The molecule has 0 aliphatic rings. The molecule has 0 spiro atoms. The normalized spacial score (nSPS) is 12.6. The molecule has 3 rings (SSSR count). The van der Waals surface area contributed by atoms with Crippen LogP contribution >= 0.6 is 12.6 Å². The van der Waals surface area contributed by atoms with Crippen LogP contribution in [0.5, 0.6) is 0 Å². The van der Waals surface area contributed by atoms with Gasteiger partial charge in [-0.2, -0.15) is 0 Å². The van der Waals surface area contributed by atoms with E-state index in [0.717, 1.165) is 41.1 Å². The van der Waals surface area contributed by atoms with Gasteiger partial charge in [-0.3, -0.25) is 4.98 Å². The molecular weight excluding hydrogens is 386 g/mol. The Hall–Kier alpha value is -1.78. The summed E-state index contributed by atoms with van der Waals surface area (Å²) < 4.78 is 2.42. The summed E-state index contributed by atoms with van der Waals surface area (Å²) >= 11 is 4.63. The molecule has 30 heavy (non-hydrogen) atoms. The summed E-state index contributed by atoms with van der Waals surface area (Å²) in [6.07, 6.45) is 4.05. The molecule has 0 bridgehead atoms. The summed E-state index contributed by atoms with van der Waals surface area (Å²) in [5, 5.41) is 1.29. The van der Waals surface area contributed by atoms with Crippen molar-refractivity contribution < 1.29 is 0 Å². The zero-order valence-corrected chi connectivity index (χ0v) is 20.9. The molecule has 3 aromatic rings. The monoisotopic (exact) mass is 425 g/mol. The molecule has 164 valence electrons. The third-order valence-corrected chi connectivity index (χ3v) is 6.10. The van der Waals surface area contributed by atoms with Crippen LogP contribution in [-0.2, 0) is 13.0 Å². The molecule has 4 heteroatoms. The minimum Gasteiger partial charge on any atom is -0.340 e. The van der Waals surface area contributed by atoms with Crippen molar-refractivity contribution in [3.8, 4) is 11.3 Å². The third-order valence-electron chi connectivity index (χ3n) is 5.82. The first-order valence-corrected chi connectivity index (χ1v) is 11.7. The van der Waals surface area contributed by atoms with Crippen LogP contribution in [-0.4, -0.2) is 9.55 Å². The van der Waals surface area contributed by atoms with Crippen molar-refractivity contribution in [1.82, 2.24) is 9.55 Å². The van der Waals surface area contributed by atoms with Crippen LogP contribution in [0.4, 0.5) is 0 Å². The Morgan fingerprint density at radius 3 is 2.40 bits per heavy atom. The summed E-state index contributed by atoms with van der Waals surface area (Å²) in [7, 11) is 0. The van der Waals surface area contributed by atoms with E-state index in [-0.39, 0.29) is 11.5 Å². The summed E-state index contributed by atoms with van der Waals surface area (Å²) in [5.41, 5.74) is 13.7. The number of aryl methyl sites for hydroxylation is 2. The molecule has 0 saturated carbocycles. The fourth-order valence-electron chi connectivity index (χ4n) is 3.96. The maximum atomic E-state index is 6.33. The summed E-state index contributed by atoms with van der Waals surface area (Å²) in [6.45, 7) is 18.2. The molecule has 0 aliphatic heterocycles. The molecule has 2 aromatic heterocycles. The Labute approximate surface area is 188 Å². The number of nitrogens with two attached hydrogens (primary N) is 1. The van der Waals surface area contributed by atoms with Crippen molar-refractivity contribution in [2.24, 2.45) is 11.1 Å². The van der Waals surface area contributed by atoms with E-state index < -0.39 is 0 Å². The molecule has 0 aliphatic carbocycles. The lowest BCUT2D eigenvalue weighted by Crippen LogP contribution is -2.15. The van der Waals surface area contributed by atoms with E-state index in [1.54, 1.807) is 0 Å². The van der Waals surface area contributed by atoms with Gasteiger partial charge in [-0.1, -0.05) is 41.0 Å². The second-order valence-corrected chi connectivity index (χ2v) is 9.22. The Balaban J connectivity index is 0.00000155. The lowest BCUT2D eigenvalue weighted by Gasteiger charge is -2.24. The van der Waals surface area contributed by atoms with Crippen LogP contribution in [0.25, 0.3) is 22.2 Å². The number of benzene rings is 1. The van der Waals surface area contributed by atoms with Gasteiger partial charge in [0, 0.05) is 40.1 Å². The van der Waals surface area contributed by atoms with Gasteiger partial charge in [0.25, 0.3) is 0 Å². The van der Waals surface area contributed by atoms with Gasteiger partial charge in [0.15, 0.2) is 0 Å². The predicted octanol–water partition coefficient (Wildman–Crippen LogP) is 7.34. The molecule has 0 fully saturated rings. The zero-order chi connectivity index (χ0) is 22.6. The Morgan fingerprint density at radius 2 is 1.83 bits per heavy atom. The van der Waals surface area contributed by atoms with E-state index in [9.17, 15) is 0 Å². The van der Waals surface area contributed by atoms with Gasteiger partial charge in [0.05, 0.1) is 11.4 Å². The molecule has 2 heterocycles. The maximum Gasteiger partial charge on any atom is 0.0661 e. The molecule has 0 saturated heterocycles. The van der Waals surface area contributed by atoms with E-state index in [1.165, 1.54) is 22.2 Å². The minimum atomic E-state index is -0.119. The number of thiol groups is 1. The number of hydrogen-bond donors (Lipinski definition) is 2. The predicted molar refractivity (Wildman–Crippen MR) is 135 cm³/mol. The van der Waals surface area contributed by atoms with E-state index in [0.29, 0.717) is 0 Å². The molecule has 2 N–H and O–H groups in total. The fourth-order valence-corrected chi connectivity index (χ4v) is 4.17. The number of aromatic nitrogens is 2. The van der Waals surface area contributed by atoms with Crippen LogP contribution in [0.1, 0.15) is 77.7 Å². The average Bonchev–Trinajstić information content (AvgIpc) is 3.01. The lowest BCUT2D eigenvalue weighted by molar-refractivity contribution is 0.350. The summed E-state index contributed by atoms with van der Waals surface area (Å²) in [6, 6.07) is 8.62. The minimum absolute atomic E-state index is 0.119. The van der Waals surface area contributed by atoms with Gasteiger partial charge in [-0.15, -0.1) is 12.6 Å². The van der Waals surface area contributed by atoms with Crippen molar-refractivity contribution in [1.29, 1.82) is 0 Å². The first-order chi connectivity index (χ1) is 14.2. The molecule has 3 nitrogen and oxygen atoms in total. The van der Waals surface area contributed by atoms with E-state index in [1.807, 2.05) is 27.0 Å². The second kappa shape index (κ2) is 10.0. The molecular formula is C26H39N3S. The quantitative estimate of drug-likeness (QED) is 0.406. The van der Waals surface area contributed by atoms with Crippen molar-refractivity contribution in [2.45, 2.75) is 85.7 Å². The molecule has 1 atom stereocenters. The van der Waals surface area contributed by atoms with Crippen LogP contribution in [0.2, 0.25) is 0 Å². The van der Waals surface area contributed by atoms with Gasteiger partial charge in [0.2, 0.25) is 0 Å². The van der Waals surface area contributed by atoms with E-state index in [4.69, 9.17) is 10.7 Å². The van der Waals surface area contributed by atoms with Gasteiger partial charge in [-0.05, 0) is 68.0 Å². The SMILES string of the molecule is CC.CCn1c(-c2cc(C)cnc2C(C)N)c(CC(C)(C)CC)c2cc(S)ccc21. The number of hydrogen-bond acceptors (Lipinski definition) is 3. The average molecular weight is 426 g/mol. The third kappa shape index (κ3) is 4.92. The maximum absolute atomic E-state index is 6.33. The number of pyridine rings is 1. The van der Waals surface area contributed by atoms with Crippen LogP contribution in [0.15, 0.2) is 35.4 Å².